The van der Waals surface area contributed by atoms with Gasteiger partial charge >= 0.3 is 0 Å². The van der Waals surface area contributed by atoms with E-state index in [2.05, 4.69) is 28.1 Å². The molecule has 1 aliphatic heterocycles. The van der Waals surface area contributed by atoms with Gasteiger partial charge in [0, 0.05) is 26.2 Å². The SMILES string of the molecule is Fc1cc(F)c(C2CCc3c(ccc4cc(Br)ccc34)S2)cc1F. The fourth-order valence-electron chi connectivity index (χ4n) is 3.20. The van der Waals surface area contributed by atoms with Crippen molar-refractivity contribution in [2.45, 2.75) is 23.0 Å². The summed E-state index contributed by atoms with van der Waals surface area (Å²) < 4.78 is 41.7. The quantitative estimate of drug-likeness (QED) is 0.399. The van der Waals surface area contributed by atoms with Crippen molar-refractivity contribution in [1.29, 1.82) is 0 Å². The van der Waals surface area contributed by atoms with Crippen molar-refractivity contribution in [3.05, 3.63) is 75.5 Å². The predicted molar refractivity (Wildman–Crippen MR) is 94.9 cm³/mol. The summed E-state index contributed by atoms with van der Waals surface area (Å²) in [6, 6.07) is 11.9. The average molecular weight is 409 g/mol. The van der Waals surface area contributed by atoms with E-state index in [1.165, 1.54) is 22.7 Å². The minimum Gasteiger partial charge on any atom is -0.207 e. The molecule has 4 rings (SSSR count). The van der Waals surface area contributed by atoms with Crippen LogP contribution in [0.4, 0.5) is 13.2 Å². The second-order valence-electron chi connectivity index (χ2n) is 5.84. The number of fused-ring (bicyclic) bond motifs is 3. The molecule has 0 nitrogen and oxygen atoms in total. The number of rotatable bonds is 1. The molecule has 1 aliphatic rings. The Bertz CT molecular complexity index is 955. The summed E-state index contributed by atoms with van der Waals surface area (Å²) in [6.07, 6.45) is 1.47. The van der Waals surface area contributed by atoms with E-state index in [4.69, 9.17) is 0 Å². The van der Waals surface area contributed by atoms with Gasteiger partial charge in [0.2, 0.25) is 0 Å². The lowest BCUT2D eigenvalue weighted by Gasteiger charge is -2.26. The number of benzene rings is 3. The summed E-state index contributed by atoms with van der Waals surface area (Å²) in [5.41, 5.74) is 1.48. The van der Waals surface area contributed by atoms with Crippen molar-refractivity contribution < 1.29 is 13.2 Å². The van der Waals surface area contributed by atoms with Crippen molar-refractivity contribution in [1.82, 2.24) is 0 Å². The number of hydrogen-bond acceptors (Lipinski definition) is 1. The smallest absolute Gasteiger partial charge is 0.161 e. The molecule has 3 aromatic rings. The van der Waals surface area contributed by atoms with Crippen molar-refractivity contribution in [3.63, 3.8) is 0 Å². The van der Waals surface area contributed by atoms with E-state index in [1.54, 1.807) is 0 Å². The third kappa shape index (κ3) is 2.74. The second-order valence-corrected chi connectivity index (χ2v) is 8.00. The van der Waals surface area contributed by atoms with Crippen molar-refractivity contribution in [2.75, 3.05) is 0 Å². The molecule has 0 fully saturated rings. The van der Waals surface area contributed by atoms with Crippen LogP contribution < -0.4 is 0 Å². The summed E-state index contributed by atoms with van der Waals surface area (Å²) in [6.45, 7) is 0. The van der Waals surface area contributed by atoms with Gasteiger partial charge in [-0.2, -0.15) is 0 Å². The Morgan fingerprint density at radius 3 is 2.54 bits per heavy atom. The molecule has 0 aliphatic carbocycles. The predicted octanol–water partition coefficient (Wildman–Crippen LogP) is 6.80. The van der Waals surface area contributed by atoms with Gasteiger partial charge in [0.15, 0.2) is 11.6 Å². The van der Waals surface area contributed by atoms with Crippen LogP contribution in [0.1, 0.15) is 22.8 Å². The highest BCUT2D eigenvalue weighted by molar-refractivity contribution is 9.10. The van der Waals surface area contributed by atoms with E-state index in [0.717, 1.165) is 27.2 Å². The molecular weight excluding hydrogens is 397 g/mol. The Balaban J connectivity index is 1.74. The molecule has 0 amide bonds. The summed E-state index contributed by atoms with van der Waals surface area (Å²) in [5, 5.41) is 2.13. The van der Waals surface area contributed by atoms with Gasteiger partial charge in [-0.3, -0.25) is 0 Å². The second kappa shape index (κ2) is 6.12. The molecule has 0 aromatic heterocycles. The third-order valence-electron chi connectivity index (χ3n) is 4.36. The van der Waals surface area contributed by atoms with Crippen LogP contribution in [0.15, 0.2) is 51.8 Å². The number of halogens is 4. The van der Waals surface area contributed by atoms with Gasteiger partial charge in [0.1, 0.15) is 5.82 Å². The van der Waals surface area contributed by atoms with E-state index < -0.39 is 17.5 Å². The first-order valence-corrected chi connectivity index (χ1v) is 9.22. The highest BCUT2D eigenvalue weighted by Gasteiger charge is 2.25. The van der Waals surface area contributed by atoms with Crippen LogP contribution in [0.3, 0.4) is 0 Å². The molecule has 0 N–H and O–H groups in total. The van der Waals surface area contributed by atoms with Gasteiger partial charge in [0.25, 0.3) is 0 Å². The lowest BCUT2D eigenvalue weighted by Crippen LogP contribution is -2.08. The van der Waals surface area contributed by atoms with E-state index in [-0.39, 0.29) is 10.8 Å². The summed E-state index contributed by atoms with van der Waals surface area (Å²) in [4.78, 5) is 1.07. The minimum absolute atomic E-state index is 0.208. The van der Waals surface area contributed by atoms with Gasteiger partial charge in [0.05, 0.1) is 0 Å². The Morgan fingerprint density at radius 2 is 1.71 bits per heavy atom. The molecule has 1 unspecified atom stereocenters. The Hall–Kier alpha value is -1.46. The molecule has 3 aromatic carbocycles. The molecule has 5 heteroatoms. The number of thioether (sulfide) groups is 1. The molecule has 122 valence electrons. The Morgan fingerprint density at radius 1 is 0.917 bits per heavy atom. The first-order valence-electron chi connectivity index (χ1n) is 7.55. The maximum Gasteiger partial charge on any atom is 0.161 e. The van der Waals surface area contributed by atoms with Crippen LogP contribution in [0.25, 0.3) is 10.8 Å². The molecule has 24 heavy (non-hydrogen) atoms. The van der Waals surface area contributed by atoms with Crippen LogP contribution >= 0.6 is 27.7 Å². The molecule has 0 bridgehead atoms. The maximum atomic E-state index is 14.1. The molecule has 0 saturated heterocycles. The number of aryl methyl sites for hydroxylation is 1. The molecule has 1 atom stereocenters. The van der Waals surface area contributed by atoms with Crippen LogP contribution in [-0.2, 0) is 6.42 Å². The molecule has 0 radical (unpaired) electrons. The summed E-state index contributed by atoms with van der Waals surface area (Å²) >= 11 is 4.99. The fraction of sp³-hybridized carbons (Fsp3) is 0.158. The maximum absolute atomic E-state index is 14.1. The van der Waals surface area contributed by atoms with E-state index >= 15 is 0 Å². The zero-order valence-corrected chi connectivity index (χ0v) is 14.9. The number of hydrogen-bond donors (Lipinski definition) is 0. The third-order valence-corrected chi connectivity index (χ3v) is 6.27. The van der Waals surface area contributed by atoms with E-state index in [0.29, 0.717) is 12.5 Å². The van der Waals surface area contributed by atoms with Crippen LogP contribution in [0, 0.1) is 17.5 Å². The Kier molecular flexibility index (Phi) is 4.09. The molecular formula is C19H12BrF3S. The van der Waals surface area contributed by atoms with Gasteiger partial charge in [-0.1, -0.05) is 28.1 Å². The van der Waals surface area contributed by atoms with Crippen LogP contribution in [0.5, 0.6) is 0 Å². The Labute approximate surface area is 150 Å². The first kappa shape index (κ1) is 16.0. The standard InChI is InChI=1S/C19H12BrF3S/c20-11-2-3-12-10(7-11)1-5-18-13(12)4-6-19(24-18)14-8-16(22)17(23)9-15(14)21/h1-3,5,7-9,19H,4,6H2. The average Bonchev–Trinajstić information content (AvgIpc) is 2.57. The lowest BCUT2D eigenvalue weighted by atomic mass is 9.97. The van der Waals surface area contributed by atoms with Crippen molar-refractivity contribution in [2.24, 2.45) is 0 Å². The summed E-state index contributed by atoms with van der Waals surface area (Å²) in [5.74, 6) is -2.82. The van der Waals surface area contributed by atoms with Crippen LogP contribution in [0.2, 0.25) is 0 Å². The van der Waals surface area contributed by atoms with Gasteiger partial charge < -0.3 is 0 Å². The van der Waals surface area contributed by atoms with Gasteiger partial charge in [-0.25, -0.2) is 13.2 Å². The highest BCUT2D eigenvalue weighted by atomic mass is 79.9. The molecule has 0 saturated carbocycles. The van der Waals surface area contributed by atoms with E-state index in [1.807, 2.05) is 18.2 Å². The van der Waals surface area contributed by atoms with Gasteiger partial charge in [-0.15, -0.1) is 11.8 Å². The largest absolute Gasteiger partial charge is 0.207 e. The zero-order chi connectivity index (χ0) is 16.8. The lowest BCUT2D eigenvalue weighted by molar-refractivity contribution is 0.488. The molecule has 0 spiro atoms. The first-order chi connectivity index (χ1) is 11.5. The fourth-order valence-corrected chi connectivity index (χ4v) is 4.93. The monoisotopic (exact) mass is 408 g/mol. The van der Waals surface area contributed by atoms with Crippen LogP contribution in [-0.4, -0.2) is 0 Å². The van der Waals surface area contributed by atoms with E-state index in [9.17, 15) is 13.2 Å². The normalized spacial score (nSPS) is 17.1. The van der Waals surface area contributed by atoms with Gasteiger partial charge in [-0.05, 0) is 53.4 Å². The van der Waals surface area contributed by atoms with Crippen molar-refractivity contribution >= 4 is 38.5 Å². The minimum atomic E-state index is -1.14. The zero-order valence-electron chi connectivity index (χ0n) is 12.5. The highest BCUT2D eigenvalue weighted by Crippen LogP contribution is 2.47. The summed E-state index contributed by atoms with van der Waals surface area (Å²) in [7, 11) is 0. The topological polar surface area (TPSA) is 0 Å². The van der Waals surface area contributed by atoms with Crippen molar-refractivity contribution in [3.8, 4) is 0 Å². The molecule has 1 heterocycles.